The molecule has 144 valence electrons. The number of benzene rings is 2. The van der Waals surface area contributed by atoms with Gasteiger partial charge in [0.1, 0.15) is 5.56 Å². The molecule has 0 fully saturated rings. The van der Waals surface area contributed by atoms with E-state index in [4.69, 9.17) is 16.0 Å². The number of hydrogen-bond acceptors (Lipinski definition) is 6. The van der Waals surface area contributed by atoms with Gasteiger partial charge in [-0.25, -0.2) is 9.78 Å². The normalized spacial score (nSPS) is 10.5. The number of nitrogens with one attached hydrogen (secondary N) is 1. The molecule has 0 saturated carbocycles. The monoisotopic (exact) mass is 400 g/mol. The second kappa shape index (κ2) is 8.58. The number of ether oxygens (including phenoxy) is 1. The van der Waals surface area contributed by atoms with E-state index in [9.17, 15) is 14.7 Å². The van der Waals surface area contributed by atoms with Gasteiger partial charge in [-0.2, -0.15) is 0 Å². The summed E-state index contributed by atoms with van der Waals surface area (Å²) < 4.78 is 10.2. The van der Waals surface area contributed by atoms with Crippen LogP contribution in [0.4, 0.5) is 5.69 Å². The van der Waals surface area contributed by atoms with Crippen molar-refractivity contribution in [1.82, 2.24) is 4.98 Å². The predicted octanol–water partition coefficient (Wildman–Crippen LogP) is 4.06. The van der Waals surface area contributed by atoms with Gasteiger partial charge in [0.05, 0.1) is 19.0 Å². The maximum Gasteiger partial charge on any atom is 0.341 e. The maximum absolute atomic E-state index is 12.2. The number of esters is 1. The lowest BCUT2D eigenvalue weighted by atomic mass is 10.1. The predicted molar refractivity (Wildman–Crippen MR) is 103 cm³/mol. The minimum atomic E-state index is -0.692. The number of methoxy groups -OCH3 is 1. The second-order valence-electron chi connectivity index (χ2n) is 5.87. The Hall–Kier alpha value is -3.32. The van der Waals surface area contributed by atoms with E-state index in [-0.39, 0.29) is 35.7 Å². The van der Waals surface area contributed by atoms with Gasteiger partial charge in [-0.15, -0.1) is 0 Å². The molecule has 0 spiro atoms. The van der Waals surface area contributed by atoms with Gasteiger partial charge in [-0.3, -0.25) is 4.79 Å². The summed E-state index contributed by atoms with van der Waals surface area (Å²) in [5, 5.41) is 13.3. The minimum Gasteiger partial charge on any atom is -0.505 e. The molecule has 0 unspecified atom stereocenters. The Morgan fingerprint density at radius 3 is 2.68 bits per heavy atom. The van der Waals surface area contributed by atoms with E-state index >= 15 is 0 Å². The van der Waals surface area contributed by atoms with Crippen LogP contribution in [0.15, 0.2) is 53.1 Å². The summed E-state index contributed by atoms with van der Waals surface area (Å²) in [6.07, 6.45) is 1.95. The first kappa shape index (κ1) is 19.4. The van der Waals surface area contributed by atoms with Crippen LogP contribution in [-0.4, -0.2) is 29.1 Å². The molecule has 7 nitrogen and oxygen atoms in total. The number of aryl methyl sites for hydroxylation is 1. The maximum atomic E-state index is 12.2. The average molecular weight is 401 g/mol. The molecular formula is C20H17ClN2O5. The van der Waals surface area contributed by atoms with E-state index in [0.29, 0.717) is 16.7 Å². The zero-order valence-corrected chi connectivity index (χ0v) is 15.7. The Kier molecular flexibility index (Phi) is 5.96. The van der Waals surface area contributed by atoms with E-state index in [0.717, 1.165) is 5.56 Å². The van der Waals surface area contributed by atoms with Crippen molar-refractivity contribution in [3.63, 3.8) is 0 Å². The number of carbonyl (C=O) groups excluding carboxylic acids is 2. The molecule has 2 N–H and O–H groups in total. The van der Waals surface area contributed by atoms with E-state index in [1.165, 1.54) is 25.3 Å². The summed E-state index contributed by atoms with van der Waals surface area (Å²) in [4.78, 5) is 27.9. The zero-order chi connectivity index (χ0) is 20.1. The molecule has 2 aromatic carbocycles. The van der Waals surface area contributed by atoms with Crippen LogP contribution in [0.5, 0.6) is 5.75 Å². The smallest absolute Gasteiger partial charge is 0.341 e. The van der Waals surface area contributed by atoms with Crippen molar-refractivity contribution in [2.24, 2.45) is 0 Å². The van der Waals surface area contributed by atoms with Crippen LogP contribution < -0.4 is 5.32 Å². The lowest BCUT2D eigenvalue weighted by Crippen LogP contribution is -2.13. The molecule has 1 aromatic heterocycles. The number of aromatic nitrogens is 1. The SMILES string of the molecule is COC(=O)c1cccc(NC(=O)CCc2ncc(-c3ccc(Cl)cc3)o2)c1O. The number of rotatable bonds is 6. The number of oxazole rings is 1. The fraction of sp³-hybridized carbons (Fsp3) is 0.150. The van der Waals surface area contributed by atoms with Crippen LogP contribution in [0.25, 0.3) is 11.3 Å². The lowest BCUT2D eigenvalue weighted by Gasteiger charge is -2.09. The van der Waals surface area contributed by atoms with Gasteiger partial charge in [-0.05, 0) is 36.4 Å². The standard InChI is InChI=1S/C20H17ClN2O5/c1-27-20(26)14-3-2-4-15(19(14)25)23-17(24)9-10-18-22-11-16(28-18)12-5-7-13(21)8-6-12/h2-8,11,25H,9-10H2,1H3,(H,23,24). The Balaban J connectivity index is 1.61. The van der Waals surface area contributed by atoms with Crippen molar-refractivity contribution in [2.45, 2.75) is 12.8 Å². The largest absolute Gasteiger partial charge is 0.505 e. The Morgan fingerprint density at radius 1 is 1.21 bits per heavy atom. The zero-order valence-electron chi connectivity index (χ0n) is 14.9. The summed E-state index contributed by atoms with van der Waals surface area (Å²) in [6.45, 7) is 0. The van der Waals surface area contributed by atoms with Crippen molar-refractivity contribution < 1.29 is 23.8 Å². The fourth-order valence-corrected chi connectivity index (χ4v) is 2.65. The number of hydrogen-bond donors (Lipinski definition) is 2. The third-order valence-corrected chi connectivity index (χ3v) is 4.22. The van der Waals surface area contributed by atoms with Crippen LogP contribution in [0.2, 0.25) is 5.02 Å². The number of phenolic OH excluding ortho intramolecular Hbond substituents is 1. The summed E-state index contributed by atoms with van der Waals surface area (Å²) in [5.74, 6) is -0.404. The highest BCUT2D eigenvalue weighted by Gasteiger charge is 2.16. The van der Waals surface area contributed by atoms with Crippen LogP contribution >= 0.6 is 11.6 Å². The lowest BCUT2D eigenvalue weighted by molar-refractivity contribution is -0.116. The third-order valence-electron chi connectivity index (χ3n) is 3.96. The molecule has 3 rings (SSSR count). The van der Waals surface area contributed by atoms with Crippen LogP contribution in [0, 0.1) is 0 Å². The van der Waals surface area contributed by atoms with Crippen LogP contribution in [0.3, 0.4) is 0 Å². The third kappa shape index (κ3) is 4.50. The van der Waals surface area contributed by atoms with E-state index < -0.39 is 5.97 Å². The fourth-order valence-electron chi connectivity index (χ4n) is 2.53. The first-order valence-corrected chi connectivity index (χ1v) is 8.76. The van der Waals surface area contributed by atoms with Crippen LogP contribution in [-0.2, 0) is 16.0 Å². The summed E-state index contributed by atoms with van der Waals surface area (Å²) in [6, 6.07) is 11.6. The number of anilines is 1. The first-order valence-electron chi connectivity index (χ1n) is 8.38. The number of aromatic hydroxyl groups is 1. The number of amides is 1. The molecule has 0 aliphatic carbocycles. The molecule has 0 aliphatic heterocycles. The van der Waals surface area contributed by atoms with Gasteiger partial charge >= 0.3 is 5.97 Å². The molecule has 1 amide bonds. The number of phenols is 1. The number of para-hydroxylation sites is 1. The highest BCUT2D eigenvalue weighted by Crippen LogP contribution is 2.28. The topological polar surface area (TPSA) is 102 Å². The molecule has 0 aliphatic rings. The molecule has 8 heteroatoms. The molecule has 0 radical (unpaired) electrons. The van der Waals surface area contributed by atoms with Gasteiger partial charge in [-0.1, -0.05) is 17.7 Å². The summed E-state index contributed by atoms with van der Waals surface area (Å²) >= 11 is 5.87. The molecule has 0 saturated heterocycles. The van der Waals surface area contributed by atoms with E-state index in [2.05, 4.69) is 15.0 Å². The summed E-state index contributed by atoms with van der Waals surface area (Å²) in [7, 11) is 1.21. The van der Waals surface area contributed by atoms with Crippen molar-refractivity contribution in [1.29, 1.82) is 0 Å². The highest BCUT2D eigenvalue weighted by molar-refractivity contribution is 6.30. The van der Waals surface area contributed by atoms with Crippen molar-refractivity contribution in [2.75, 3.05) is 12.4 Å². The minimum absolute atomic E-state index is 0.0272. The van der Waals surface area contributed by atoms with E-state index in [1.807, 2.05) is 12.1 Å². The van der Waals surface area contributed by atoms with Gasteiger partial charge < -0.3 is 19.6 Å². The summed E-state index contributed by atoms with van der Waals surface area (Å²) in [5.41, 5.74) is 0.930. The van der Waals surface area contributed by atoms with Gasteiger partial charge in [0.15, 0.2) is 17.4 Å². The quantitative estimate of drug-likeness (QED) is 0.478. The number of nitrogens with zero attached hydrogens (tertiary/aromatic N) is 1. The Morgan fingerprint density at radius 2 is 1.96 bits per heavy atom. The molecular weight excluding hydrogens is 384 g/mol. The van der Waals surface area contributed by atoms with Gasteiger partial charge in [0.25, 0.3) is 0 Å². The van der Waals surface area contributed by atoms with Gasteiger partial charge in [0, 0.05) is 23.4 Å². The highest BCUT2D eigenvalue weighted by atomic mass is 35.5. The molecule has 0 atom stereocenters. The van der Waals surface area contributed by atoms with Crippen molar-refractivity contribution >= 4 is 29.2 Å². The average Bonchev–Trinajstić information content (AvgIpc) is 3.17. The van der Waals surface area contributed by atoms with E-state index in [1.54, 1.807) is 18.3 Å². The first-order chi connectivity index (χ1) is 13.5. The Bertz CT molecular complexity index is 998. The number of carbonyl (C=O) groups is 2. The van der Waals surface area contributed by atoms with Crippen LogP contribution in [0.1, 0.15) is 22.7 Å². The molecule has 3 aromatic rings. The molecule has 0 bridgehead atoms. The van der Waals surface area contributed by atoms with Crippen molar-refractivity contribution in [3.8, 4) is 17.1 Å². The van der Waals surface area contributed by atoms with Crippen molar-refractivity contribution in [3.05, 3.63) is 65.1 Å². The second-order valence-corrected chi connectivity index (χ2v) is 6.30. The Labute approximate surface area is 165 Å². The molecule has 28 heavy (non-hydrogen) atoms. The van der Waals surface area contributed by atoms with Gasteiger partial charge in [0.2, 0.25) is 5.91 Å². The molecule has 1 heterocycles. The number of halogens is 1.